The van der Waals surface area contributed by atoms with Gasteiger partial charge in [0, 0.05) is 10.4 Å². The number of thiophene rings is 1. The van der Waals surface area contributed by atoms with Gasteiger partial charge in [0.2, 0.25) is 0 Å². The number of carbonyl (C=O) groups excluding carboxylic acids is 2. The first kappa shape index (κ1) is 20.0. The van der Waals surface area contributed by atoms with Crippen LogP contribution in [0.25, 0.3) is 0 Å². The highest BCUT2D eigenvalue weighted by Crippen LogP contribution is 2.55. The molecule has 0 saturated heterocycles. The Kier molecular flexibility index (Phi) is 5.60. The first-order valence-electron chi connectivity index (χ1n) is 10.2. The van der Waals surface area contributed by atoms with Gasteiger partial charge in [0.25, 0.3) is 5.91 Å². The minimum absolute atomic E-state index is 0.0371. The van der Waals surface area contributed by atoms with Gasteiger partial charge in [-0.25, -0.2) is 10.3 Å². The van der Waals surface area contributed by atoms with Crippen LogP contribution in [0.1, 0.15) is 79.6 Å². The van der Waals surface area contributed by atoms with Crippen LogP contribution >= 0.6 is 22.9 Å². The molecule has 8 heteroatoms. The molecule has 0 aromatic carbocycles. The summed E-state index contributed by atoms with van der Waals surface area (Å²) in [6.45, 7) is 2.06. The summed E-state index contributed by atoms with van der Waals surface area (Å²) in [6.07, 6.45) is 8.98. The van der Waals surface area contributed by atoms with Gasteiger partial charge in [-0.3, -0.25) is 10.0 Å². The molecule has 4 N–H and O–H groups in total. The third kappa shape index (κ3) is 3.89. The maximum atomic E-state index is 12.9. The highest BCUT2D eigenvalue weighted by atomic mass is 35.5. The number of halogens is 1. The smallest absolute Gasteiger partial charge is 0.315 e. The Morgan fingerprint density at radius 2 is 1.86 bits per heavy atom. The summed E-state index contributed by atoms with van der Waals surface area (Å²) < 4.78 is 0.311. The molecule has 4 aliphatic rings. The summed E-state index contributed by atoms with van der Waals surface area (Å²) in [5.74, 6) is 1.68. The van der Waals surface area contributed by atoms with Crippen LogP contribution in [-0.4, -0.2) is 22.7 Å². The van der Waals surface area contributed by atoms with E-state index >= 15 is 0 Å². The van der Waals surface area contributed by atoms with Gasteiger partial charge in [0.1, 0.15) is 4.34 Å². The first-order valence-corrected chi connectivity index (χ1v) is 11.4. The second-order valence-electron chi connectivity index (χ2n) is 8.91. The summed E-state index contributed by atoms with van der Waals surface area (Å²) in [4.78, 5) is 25.5. The molecule has 0 spiro atoms. The molecule has 0 unspecified atom stereocenters. The largest absolute Gasteiger partial charge is 0.333 e. The third-order valence-electron chi connectivity index (χ3n) is 6.70. The molecule has 0 aliphatic heterocycles. The van der Waals surface area contributed by atoms with E-state index in [1.807, 2.05) is 0 Å². The number of hydroxylamine groups is 1. The summed E-state index contributed by atoms with van der Waals surface area (Å²) in [5.41, 5.74) is 1.81. The molecule has 1 heterocycles. The fourth-order valence-electron chi connectivity index (χ4n) is 6.05. The second-order valence-corrected chi connectivity index (χ2v) is 10.6. The van der Waals surface area contributed by atoms with E-state index in [4.69, 9.17) is 16.8 Å². The predicted octanol–water partition coefficient (Wildman–Crippen LogP) is 4.63. The van der Waals surface area contributed by atoms with E-state index in [0.717, 1.165) is 54.7 Å². The lowest BCUT2D eigenvalue weighted by Gasteiger charge is -2.56. The van der Waals surface area contributed by atoms with Crippen molar-refractivity contribution in [2.75, 3.05) is 0 Å². The number of rotatable bonds is 6. The molecule has 4 bridgehead atoms. The predicted molar refractivity (Wildman–Crippen MR) is 109 cm³/mol. The van der Waals surface area contributed by atoms with Crippen LogP contribution in [-0.2, 0) is 0 Å². The lowest BCUT2D eigenvalue weighted by atomic mass is 9.53. The lowest BCUT2D eigenvalue weighted by molar-refractivity contribution is -0.0136. The molecule has 5 rings (SSSR count). The molecule has 28 heavy (non-hydrogen) atoms. The average molecular weight is 426 g/mol. The second kappa shape index (κ2) is 7.84. The fourth-order valence-corrected chi connectivity index (χ4v) is 7.42. The molecule has 1 aromatic rings. The van der Waals surface area contributed by atoms with E-state index in [1.54, 1.807) is 11.5 Å². The van der Waals surface area contributed by atoms with E-state index in [9.17, 15) is 9.59 Å². The summed E-state index contributed by atoms with van der Waals surface area (Å²) >= 11 is 7.43. The van der Waals surface area contributed by atoms with Crippen molar-refractivity contribution in [2.24, 2.45) is 17.8 Å². The van der Waals surface area contributed by atoms with E-state index in [0.29, 0.717) is 4.34 Å². The van der Waals surface area contributed by atoms with Gasteiger partial charge in [-0.1, -0.05) is 24.9 Å². The van der Waals surface area contributed by atoms with Crippen molar-refractivity contribution in [3.8, 4) is 0 Å². The van der Waals surface area contributed by atoms with Crippen molar-refractivity contribution in [3.63, 3.8) is 0 Å². The van der Waals surface area contributed by atoms with E-state index in [2.05, 4.69) is 17.6 Å². The Morgan fingerprint density at radius 3 is 2.39 bits per heavy atom. The number of carbonyl (C=O) groups is 2. The highest BCUT2D eigenvalue weighted by Gasteiger charge is 2.51. The van der Waals surface area contributed by atoms with Crippen LogP contribution in [0.15, 0.2) is 6.07 Å². The normalized spacial score (nSPS) is 31.5. The monoisotopic (exact) mass is 425 g/mol. The summed E-state index contributed by atoms with van der Waals surface area (Å²) in [5, 5.41) is 15.3. The van der Waals surface area contributed by atoms with Gasteiger partial charge in [-0.05, 0) is 68.8 Å². The molecule has 1 aromatic heterocycles. The van der Waals surface area contributed by atoms with Gasteiger partial charge < -0.3 is 10.6 Å². The standard InChI is InChI=1S/C20H28ClN3O3S/c1-2-3-15(16-7-14(17(21)28-16)18(25)24-27)22-19(26)23-20-8-11-4-12(9-20)6-13(5-11)10-20/h7,11-13,15,27H,2-6,8-10H2,1H3,(H,24,25)(H2,22,23,26)/t11?,12?,13?,15-,20?/m1/s1. The topological polar surface area (TPSA) is 90.5 Å². The third-order valence-corrected chi connectivity index (χ3v) is 8.17. The molecule has 3 amide bonds. The Bertz CT molecular complexity index is 731. The maximum Gasteiger partial charge on any atom is 0.315 e. The molecule has 4 saturated carbocycles. The Morgan fingerprint density at radius 1 is 1.25 bits per heavy atom. The van der Waals surface area contributed by atoms with Crippen LogP contribution in [0, 0.1) is 17.8 Å². The van der Waals surface area contributed by atoms with Gasteiger partial charge >= 0.3 is 6.03 Å². The molecule has 0 radical (unpaired) electrons. The van der Waals surface area contributed by atoms with Gasteiger partial charge in [0.15, 0.2) is 0 Å². The van der Waals surface area contributed by atoms with Crippen molar-refractivity contribution >= 4 is 34.9 Å². The minimum Gasteiger partial charge on any atom is -0.333 e. The lowest BCUT2D eigenvalue weighted by Crippen LogP contribution is -2.61. The number of hydrogen-bond donors (Lipinski definition) is 4. The molecule has 1 atom stereocenters. The molecular weight excluding hydrogens is 398 g/mol. The quantitative estimate of drug-likeness (QED) is 0.395. The zero-order valence-corrected chi connectivity index (χ0v) is 17.7. The van der Waals surface area contributed by atoms with Crippen molar-refractivity contribution in [3.05, 3.63) is 20.8 Å². The van der Waals surface area contributed by atoms with Gasteiger partial charge in [-0.15, -0.1) is 11.3 Å². The molecule has 4 aliphatic carbocycles. The van der Waals surface area contributed by atoms with Crippen LogP contribution < -0.4 is 16.1 Å². The number of urea groups is 1. The number of hydrogen-bond acceptors (Lipinski definition) is 4. The minimum atomic E-state index is -0.638. The van der Waals surface area contributed by atoms with Gasteiger partial charge in [-0.2, -0.15) is 0 Å². The van der Waals surface area contributed by atoms with E-state index in [1.165, 1.54) is 30.6 Å². The molecule has 4 fully saturated rings. The number of nitrogens with one attached hydrogen (secondary N) is 3. The molecule has 6 nitrogen and oxygen atoms in total. The number of amides is 3. The SMILES string of the molecule is CCC[C@@H](NC(=O)NC12CC3CC(CC(C3)C1)C2)c1cc(C(=O)NO)c(Cl)s1. The average Bonchev–Trinajstić information content (AvgIpc) is 3.00. The van der Waals surface area contributed by atoms with Gasteiger partial charge in [0.05, 0.1) is 11.6 Å². The summed E-state index contributed by atoms with van der Waals surface area (Å²) in [6, 6.07) is 1.32. The zero-order valence-electron chi connectivity index (χ0n) is 16.1. The van der Waals surface area contributed by atoms with Crippen molar-refractivity contribution < 1.29 is 14.8 Å². The summed E-state index contributed by atoms with van der Waals surface area (Å²) in [7, 11) is 0. The van der Waals surface area contributed by atoms with E-state index < -0.39 is 5.91 Å². The fraction of sp³-hybridized carbons (Fsp3) is 0.700. The molecule has 154 valence electrons. The maximum absolute atomic E-state index is 12.9. The Balaban J connectivity index is 1.45. The van der Waals surface area contributed by atoms with Crippen molar-refractivity contribution in [1.29, 1.82) is 0 Å². The zero-order chi connectivity index (χ0) is 19.9. The molecular formula is C20H28ClN3O3S. The van der Waals surface area contributed by atoms with Crippen LogP contribution in [0.4, 0.5) is 4.79 Å². The van der Waals surface area contributed by atoms with Crippen LogP contribution in [0.3, 0.4) is 0 Å². The van der Waals surface area contributed by atoms with Crippen LogP contribution in [0.5, 0.6) is 0 Å². The van der Waals surface area contributed by atoms with Crippen molar-refractivity contribution in [1.82, 2.24) is 16.1 Å². The Labute approximate surface area is 174 Å². The Hall–Kier alpha value is -1.31. The van der Waals surface area contributed by atoms with Crippen LogP contribution in [0.2, 0.25) is 4.34 Å². The highest BCUT2D eigenvalue weighted by molar-refractivity contribution is 7.16. The van der Waals surface area contributed by atoms with E-state index in [-0.39, 0.29) is 23.2 Å². The van der Waals surface area contributed by atoms with Crippen molar-refractivity contribution in [2.45, 2.75) is 69.9 Å². The first-order chi connectivity index (χ1) is 13.4.